The number of nitrogens with zero attached hydrogens (tertiary/aromatic N) is 1. The molecule has 6 heteroatoms. The van der Waals surface area contributed by atoms with Crippen LogP contribution >= 0.6 is 0 Å². The van der Waals surface area contributed by atoms with E-state index in [4.69, 9.17) is 0 Å². The Labute approximate surface area is 115 Å². The molecule has 2 rings (SSSR count). The molecule has 5 nitrogen and oxygen atoms in total. The van der Waals surface area contributed by atoms with Gasteiger partial charge in [0.05, 0.1) is 0 Å². The molecular weight excluding hydrogens is 263 g/mol. The van der Waals surface area contributed by atoms with Crippen LogP contribution in [0.1, 0.15) is 30.6 Å². The summed E-state index contributed by atoms with van der Waals surface area (Å²) in [4.78, 5) is 36.5. The summed E-state index contributed by atoms with van der Waals surface area (Å²) >= 11 is 0. The highest BCUT2D eigenvalue weighted by atomic mass is 19.1. The topological polar surface area (TPSA) is 66.5 Å². The fourth-order valence-electron chi connectivity index (χ4n) is 2.01. The highest BCUT2D eigenvalue weighted by Gasteiger charge is 2.43. The second-order valence-electron chi connectivity index (χ2n) is 5.19. The first-order chi connectivity index (χ1) is 9.31. The molecule has 1 aliphatic heterocycles. The van der Waals surface area contributed by atoms with Gasteiger partial charge in [-0.25, -0.2) is 9.18 Å². The van der Waals surface area contributed by atoms with Gasteiger partial charge in [-0.1, -0.05) is 0 Å². The molecule has 1 aromatic carbocycles. The lowest BCUT2D eigenvalue weighted by Crippen LogP contribution is -2.40. The number of halogens is 1. The Bertz CT molecular complexity index is 566. The summed E-state index contributed by atoms with van der Waals surface area (Å²) in [7, 11) is 0. The van der Waals surface area contributed by atoms with Gasteiger partial charge in [0.25, 0.3) is 5.91 Å². The summed E-state index contributed by atoms with van der Waals surface area (Å²) in [6, 6.07) is 4.67. The number of benzene rings is 1. The Morgan fingerprint density at radius 2 is 1.85 bits per heavy atom. The summed E-state index contributed by atoms with van der Waals surface area (Å²) in [6.07, 6.45) is 0.0148. The SMILES string of the molecule is CC1(C)NC(=O)N(CCC(=O)c2ccc(F)cc2)C1=O. The molecule has 1 aliphatic rings. The second-order valence-corrected chi connectivity index (χ2v) is 5.19. The number of carbonyl (C=O) groups is 3. The molecule has 0 aromatic heterocycles. The second kappa shape index (κ2) is 5.03. The molecule has 0 bridgehead atoms. The molecular formula is C14H15FN2O3. The van der Waals surface area contributed by atoms with Gasteiger partial charge >= 0.3 is 6.03 Å². The van der Waals surface area contributed by atoms with E-state index in [1.54, 1.807) is 13.8 Å². The largest absolute Gasteiger partial charge is 0.325 e. The van der Waals surface area contributed by atoms with E-state index in [0.29, 0.717) is 5.56 Å². The van der Waals surface area contributed by atoms with Crippen LogP contribution in [0.2, 0.25) is 0 Å². The highest BCUT2D eigenvalue weighted by Crippen LogP contribution is 2.17. The molecule has 0 radical (unpaired) electrons. The van der Waals surface area contributed by atoms with Gasteiger partial charge in [-0.2, -0.15) is 0 Å². The molecule has 1 aromatic rings. The van der Waals surface area contributed by atoms with Gasteiger partial charge in [0.15, 0.2) is 5.78 Å². The van der Waals surface area contributed by atoms with E-state index in [-0.39, 0.29) is 24.7 Å². The van der Waals surface area contributed by atoms with Gasteiger partial charge in [-0.15, -0.1) is 0 Å². The zero-order valence-corrected chi connectivity index (χ0v) is 11.3. The zero-order valence-electron chi connectivity index (χ0n) is 11.3. The number of carbonyl (C=O) groups excluding carboxylic acids is 3. The van der Waals surface area contributed by atoms with Crippen LogP contribution in [0.25, 0.3) is 0 Å². The minimum Gasteiger partial charge on any atom is -0.324 e. The lowest BCUT2D eigenvalue weighted by atomic mass is 10.1. The number of hydrogen-bond donors (Lipinski definition) is 1. The number of imide groups is 1. The van der Waals surface area contributed by atoms with Crippen LogP contribution in [0.5, 0.6) is 0 Å². The van der Waals surface area contributed by atoms with Crippen LogP contribution in [0, 0.1) is 5.82 Å². The zero-order chi connectivity index (χ0) is 14.9. The molecule has 0 aliphatic carbocycles. The fourth-order valence-corrected chi connectivity index (χ4v) is 2.01. The Hall–Kier alpha value is -2.24. The monoisotopic (exact) mass is 278 g/mol. The average Bonchev–Trinajstić information content (AvgIpc) is 2.57. The summed E-state index contributed by atoms with van der Waals surface area (Å²) in [5.41, 5.74) is -0.576. The van der Waals surface area contributed by atoms with Crippen LogP contribution < -0.4 is 5.32 Å². The van der Waals surface area contributed by atoms with E-state index in [9.17, 15) is 18.8 Å². The number of nitrogens with one attached hydrogen (secondary N) is 1. The number of ketones is 1. The Morgan fingerprint density at radius 1 is 1.25 bits per heavy atom. The highest BCUT2D eigenvalue weighted by molar-refractivity contribution is 6.07. The van der Waals surface area contributed by atoms with Crippen molar-refractivity contribution in [3.8, 4) is 0 Å². The summed E-state index contributed by atoms with van der Waals surface area (Å²) in [5.74, 6) is -1.01. The lowest BCUT2D eigenvalue weighted by molar-refractivity contribution is -0.130. The number of hydrogen-bond acceptors (Lipinski definition) is 3. The van der Waals surface area contributed by atoms with Gasteiger partial charge in [0.1, 0.15) is 11.4 Å². The molecule has 0 atom stereocenters. The predicted octanol–water partition coefficient (Wildman–Crippen LogP) is 1.73. The van der Waals surface area contributed by atoms with Crippen molar-refractivity contribution < 1.29 is 18.8 Å². The summed E-state index contributed by atoms with van der Waals surface area (Å²) in [6.45, 7) is 3.23. The van der Waals surface area contributed by atoms with Crippen molar-refractivity contribution in [1.29, 1.82) is 0 Å². The molecule has 3 amide bonds. The minimum absolute atomic E-state index is 0.0148. The lowest BCUT2D eigenvalue weighted by Gasteiger charge is -2.15. The third kappa shape index (κ3) is 2.68. The fraction of sp³-hybridized carbons (Fsp3) is 0.357. The van der Waals surface area contributed by atoms with Gasteiger partial charge in [-0.3, -0.25) is 14.5 Å². The first kappa shape index (κ1) is 14.2. The van der Waals surface area contributed by atoms with Crippen molar-refractivity contribution in [1.82, 2.24) is 10.2 Å². The van der Waals surface area contributed by atoms with Crippen molar-refractivity contribution >= 4 is 17.7 Å². The Morgan fingerprint density at radius 3 is 2.35 bits per heavy atom. The van der Waals surface area contributed by atoms with E-state index in [1.165, 1.54) is 24.3 Å². The maximum Gasteiger partial charge on any atom is 0.325 e. The first-order valence-corrected chi connectivity index (χ1v) is 6.24. The Balaban J connectivity index is 1.99. The van der Waals surface area contributed by atoms with E-state index < -0.39 is 17.4 Å². The maximum absolute atomic E-state index is 12.8. The molecule has 0 unspecified atom stereocenters. The van der Waals surface area contributed by atoms with Crippen molar-refractivity contribution in [2.75, 3.05) is 6.54 Å². The van der Waals surface area contributed by atoms with Gasteiger partial charge in [-0.05, 0) is 38.1 Å². The maximum atomic E-state index is 12.8. The van der Waals surface area contributed by atoms with Crippen LogP contribution in [0.15, 0.2) is 24.3 Å². The van der Waals surface area contributed by atoms with Crippen molar-refractivity contribution in [3.05, 3.63) is 35.6 Å². The van der Waals surface area contributed by atoms with Gasteiger partial charge in [0, 0.05) is 18.5 Å². The molecule has 106 valence electrons. The molecule has 1 heterocycles. The molecule has 20 heavy (non-hydrogen) atoms. The molecule has 1 N–H and O–H groups in total. The third-order valence-electron chi connectivity index (χ3n) is 3.17. The van der Waals surface area contributed by atoms with Crippen LogP contribution in [-0.4, -0.2) is 34.7 Å². The quantitative estimate of drug-likeness (QED) is 0.673. The standard InChI is InChI=1S/C14H15FN2O3/c1-14(2)12(19)17(13(20)16-14)8-7-11(18)9-3-5-10(15)6-4-9/h3-6H,7-8H2,1-2H3,(H,16,20). The van der Waals surface area contributed by atoms with Crippen LogP contribution in [0.4, 0.5) is 9.18 Å². The van der Waals surface area contributed by atoms with Gasteiger partial charge < -0.3 is 5.32 Å². The van der Waals surface area contributed by atoms with Crippen molar-refractivity contribution in [2.24, 2.45) is 0 Å². The normalized spacial score (nSPS) is 17.2. The Kier molecular flexibility index (Phi) is 3.57. The van der Waals surface area contributed by atoms with E-state index in [1.807, 2.05) is 0 Å². The number of urea groups is 1. The summed E-state index contributed by atoms with van der Waals surface area (Å²) in [5, 5.41) is 2.54. The van der Waals surface area contributed by atoms with E-state index in [2.05, 4.69) is 5.32 Å². The smallest absolute Gasteiger partial charge is 0.324 e. The predicted molar refractivity (Wildman–Crippen MR) is 69.7 cm³/mol. The van der Waals surface area contributed by atoms with E-state index >= 15 is 0 Å². The first-order valence-electron chi connectivity index (χ1n) is 6.24. The minimum atomic E-state index is -0.935. The van der Waals surface area contributed by atoms with E-state index in [0.717, 1.165) is 4.90 Å². The third-order valence-corrected chi connectivity index (χ3v) is 3.17. The van der Waals surface area contributed by atoms with Crippen LogP contribution in [-0.2, 0) is 4.79 Å². The molecule has 0 saturated carbocycles. The molecule has 0 spiro atoms. The summed E-state index contributed by atoms with van der Waals surface area (Å²) < 4.78 is 12.8. The molecule has 1 saturated heterocycles. The van der Waals surface area contributed by atoms with Crippen LogP contribution in [0.3, 0.4) is 0 Å². The van der Waals surface area contributed by atoms with Crippen molar-refractivity contribution in [2.45, 2.75) is 25.8 Å². The number of Topliss-reactive ketones (excluding diaryl/α,β-unsaturated/α-hetero) is 1. The average molecular weight is 278 g/mol. The van der Waals surface area contributed by atoms with Crippen molar-refractivity contribution in [3.63, 3.8) is 0 Å². The number of amides is 3. The number of rotatable bonds is 4. The van der Waals surface area contributed by atoms with Gasteiger partial charge in [0.2, 0.25) is 0 Å². The molecule has 1 fully saturated rings.